The Kier molecular flexibility index (Phi) is 3.48. The largest absolute Gasteiger partial charge is 0.364 e. The molecule has 2 rings (SSSR count). The van der Waals surface area contributed by atoms with Crippen LogP contribution in [0.5, 0.6) is 0 Å². The van der Waals surface area contributed by atoms with Gasteiger partial charge in [-0.2, -0.15) is 0 Å². The van der Waals surface area contributed by atoms with Crippen LogP contribution in [0.4, 0.5) is 0 Å². The molecule has 0 N–H and O–H groups in total. The van der Waals surface area contributed by atoms with Gasteiger partial charge in [0.2, 0.25) is 0 Å². The smallest absolute Gasteiger partial charge is 0.134 e. The zero-order valence-corrected chi connectivity index (χ0v) is 8.63. The van der Waals surface area contributed by atoms with Crippen molar-refractivity contribution >= 4 is 6.29 Å². The van der Waals surface area contributed by atoms with Gasteiger partial charge >= 0.3 is 0 Å². The van der Waals surface area contributed by atoms with E-state index in [0.29, 0.717) is 19.3 Å². The molecule has 1 aromatic carbocycles. The molecule has 80 valence electrons. The Labute approximate surface area is 89.7 Å². The Morgan fingerprint density at radius 2 is 2.20 bits per heavy atom. The van der Waals surface area contributed by atoms with E-state index >= 15 is 0 Å². The molecule has 1 heterocycles. The normalized spacial score (nSPS) is 21.7. The molecular weight excluding hydrogens is 190 g/mol. The molecule has 0 spiro atoms. The van der Waals surface area contributed by atoms with E-state index in [-0.39, 0.29) is 0 Å². The predicted molar refractivity (Wildman–Crippen MR) is 57.5 cm³/mol. The lowest BCUT2D eigenvalue weighted by Crippen LogP contribution is -2.34. The summed E-state index contributed by atoms with van der Waals surface area (Å²) in [7, 11) is 0. The van der Waals surface area contributed by atoms with Gasteiger partial charge < -0.3 is 9.53 Å². The average Bonchev–Trinajstić information content (AvgIpc) is 2.68. The molecule has 1 atom stereocenters. The Bertz CT molecular complexity index is 313. The summed E-state index contributed by atoms with van der Waals surface area (Å²) in [6, 6.07) is 10.6. The Morgan fingerprint density at radius 3 is 2.93 bits per heavy atom. The summed E-state index contributed by atoms with van der Waals surface area (Å²) in [6.45, 7) is 1.77. The summed E-state index contributed by atoms with van der Waals surface area (Å²) in [4.78, 5) is 12.5. The van der Waals surface area contributed by atoms with Crippen molar-refractivity contribution in [2.24, 2.45) is 0 Å². The summed E-state index contributed by atoms with van der Waals surface area (Å²) < 4.78 is 5.36. The maximum absolute atomic E-state index is 10.5. The fourth-order valence-electron chi connectivity index (χ4n) is 1.89. The highest BCUT2D eigenvalue weighted by atomic mass is 16.5. The first-order valence-electron chi connectivity index (χ1n) is 5.19. The average molecular weight is 205 g/mol. The summed E-state index contributed by atoms with van der Waals surface area (Å²) in [5.41, 5.74) is 1.30. The number of aldehydes is 1. The van der Waals surface area contributed by atoms with Crippen LogP contribution in [0.2, 0.25) is 0 Å². The zero-order valence-electron chi connectivity index (χ0n) is 8.63. The molecule has 1 aliphatic heterocycles. The third-order valence-corrected chi connectivity index (χ3v) is 2.71. The molecule has 3 nitrogen and oxygen atoms in total. The van der Waals surface area contributed by atoms with E-state index in [2.05, 4.69) is 17.0 Å². The lowest BCUT2D eigenvalue weighted by molar-refractivity contribution is -0.109. The van der Waals surface area contributed by atoms with E-state index in [4.69, 9.17) is 4.74 Å². The van der Waals surface area contributed by atoms with Gasteiger partial charge in [-0.05, 0) is 12.0 Å². The number of hydrogen-bond acceptors (Lipinski definition) is 3. The molecule has 0 aliphatic carbocycles. The van der Waals surface area contributed by atoms with Gasteiger partial charge in [0.15, 0.2) is 0 Å². The van der Waals surface area contributed by atoms with Crippen molar-refractivity contribution in [3.63, 3.8) is 0 Å². The standard InChI is InChI=1S/C12H15NO2/c14-7-6-13-10-15-9-12(13)8-11-4-2-1-3-5-11/h1-5,7,12H,6,8-10H2. The van der Waals surface area contributed by atoms with E-state index in [9.17, 15) is 4.79 Å². The Morgan fingerprint density at radius 1 is 1.40 bits per heavy atom. The van der Waals surface area contributed by atoms with Crippen LogP contribution in [0.25, 0.3) is 0 Å². The van der Waals surface area contributed by atoms with Crippen LogP contribution < -0.4 is 0 Å². The number of benzene rings is 1. The second kappa shape index (κ2) is 5.05. The van der Waals surface area contributed by atoms with Gasteiger partial charge in [-0.1, -0.05) is 30.3 Å². The van der Waals surface area contributed by atoms with Crippen LogP contribution in [-0.4, -0.2) is 37.1 Å². The number of carbonyl (C=O) groups excluding carboxylic acids is 1. The quantitative estimate of drug-likeness (QED) is 0.689. The van der Waals surface area contributed by atoms with Gasteiger partial charge in [-0.25, -0.2) is 0 Å². The number of carbonyl (C=O) groups is 1. The molecule has 0 bridgehead atoms. The first-order valence-corrected chi connectivity index (χ1v) is 5.19. The van der Waals surface area contributed by atoms with E-state index in [1.807, 2.05) is 18.2 Å². The second-order valence-electron chi connectivity index (χ2n) is 3.78. The molecule has 1 unspecified atom stereocenters. The van der Waals surface area contributed by atoms with Crippen LogP contribution >= 0.6 is 0 Å². The van der Waals surface area contributed by atoms with Gasteiger partial charge in [-0.15, -0.1) is 0 Å². The van der Waals surface area contributed by atoms with Crippen molar-refractivity contribution in [2.45, 2.75) is 12.5 Å². The van der Waals surface area contributed by atoms with Gasteiger partial charge in [0.25, 0.3) is 0 Å². The Hall–Kier alpha value is -1.19. The molecule has 0 radical (unpaired) electrons. The first kappa shape index (κ1) is 10.3. The molecule has 0 amide bonds. The summed E-state index contributed by atoms with van der Waals surface area (Å²) in [5, 5.41) is 0. The molecule has 3 heteroatoms. The van der Waals surface area contributed by atoms with E-state index in [0.717, 1.165) is 19.3 Å². The minimum Gasteiger partial charge on any atom is -0.364 e. The van der Waals surface area contributed by atoms with Crippen molar-refractivity contribution < 1.29 is 9.53 Å². The molecular formula is C12H15NO2. The highest BCUT2D eigenvalue weighted by Crippen LogP contribution is 2.14. The van der Waals surface area contributed by atoms with Crippen molar-refractivity contribution in [1.29, 1.82) is 0 Å². The molecule has 1 aromatic rings. The van der Waals surface area contributed by atoms with Crippen LogP contribution in [0, 0.1) is 0 Å². The molecule has 1 fully saturated rings. The van der Waals surface area contributed by atoms with Crippen LogP contribution in [0.15, 0.2) is 30.3 Å². The van der Waals surface area contributed by atoms with Crippen molar-refractivity contribution in [3.05, 3.63) is 35.9 Å². The highest BCUT2D eigenvalue weighted by molar-refractivity contribution is 5.52. The van der Waals surface area contributed by atoms with Crippen molar-refractivity contribution in [1.82, 2.24) is 4.90 Å². The lowest BCUT2D eigenvalue weighted by Gasteiger charge is -2.19. The summed E-state index contributed by atoms with van der Waals surface area (Å²) in [5.74, 6) is 0. The number of rotatable bonds is 4. The molecule has 15 heavy (non-hydrogen) atoms. The third-order valence-electron chi connectivity index (χ3n) is 2.71. The van der Waals surface area contributed by atoms with Gasteiger partial charge in [0.05, 0.1) is 19.9 Å². The minimum absolute atomic E-state index is 0.345. The molecule has 1 saturated heterocycles. The molecule has 0 saturated carbocycles. The zero-order chi connectivity index (χ0) is 10.5. The SMILES string of the molecule is O=CCN1COCC1Cc1ccccc1. The lowest BCUT2D eigenvalue weighted by atomic mass is 10.1. The van der Waals surface area contributed by atoms with Crippen molar-refractivity contribution in [3.8, 4) is 0 Å². The number of nitrogens with zero attached hydrogens (tertiary/aromatic N) is 1. The number of ether oxygens (including phenoxy) is 1. The summed E-state index contributed by atoms with van der Waals surface area (Å²) >= 11 is 0. The van der Waals surface area contributed by atoms with Gasteiger partial charge in [-0.3, -0.25) is 4.90 Å². The monoisotopic (exact) mass is 205 g/mol. The summed E-state index contributed by atoms with van der Waals surface area (Å²) in [6.07, 6.45) is 1.89. The van der Waals surface area contributed by atoms with Crippen LogP contribution in [-0.2, 0) is 16.0 Å². The Balaban J connectivity index is 1.96. The fourth-order valence-corrected chi connectivity index (χ4v) is 1.89. The molecule has 1 aliphatic rings. The van der Waals surface area contributed by atoms with Crippen molar-refractivity contribution in [2.75, 3.05) is 19.9 Å². The topological polar surface area (TPSA) is 29.5 Å². The third kappa shape index (κ3) is 2.64. The minimum atomic E-state index is 0.345. The van der Waals surface area contributed by atoms with E-state index in [1.54, 1.807) is 0 Å². The predicted octanol–water partition coefficient (Wildman–Crippen LogP) is 1.09. The van der Waals surface area contributed by atoms with Crippen LogP contribution in [0.1, 0.15) is 5.56 Å². The first-order chi connectivity index (χ1) is 7.40. The fraction of sp³-hybridized carbons (Fsp3) is 0.417. The van der Waals surface area contributed by atoms with Crippen LogP contribution in [0.3, 0.4) is 0 Å². The van der Waals surface area contributed by atoms with E-state index in [1.165, 1.54) is 5.56 Å². The van der Waals surface area contributed by atoms with E-state index < -0.39 is 0 Å². The maximum atomic E-state index is 10.5. The maximum Gasteiger partial charge on any atom is 0.134 e. The second-order valence-corrected chi connectivity index (χ2v) is 3.78. The number of hydrogen-bond donors (Lipinski definition) is 0. The van der Waals surface area contributed by atoms with Gasteiger partial charge in [0.1, 0.15) is 6.29 Å². The van der Waals surface area contributed by atoms with Gasteiger partial charge in [0, 0.05) is 6.04 Å². The highest BCUT2D eigenvalue weighted by Gasteiger charge is 2.24. The molecule has 0 aromatic heterocycles.